The minimum Gasteiger partial charge on any atom is -0.375 e. The fourth-order valence-corrected chi connectivity index (χ4v) is 2.38. The first-order chi connectivity index (χ1) is 11.4. The SMILES string of the molecule is CCNC(=O)c1ccc(Cl)cc1NCC(=O)Nc1cc(C)nn1C. The Balaban J connectivity index is 2.05. The number of hydrogen-bond acceptors (Lipinski definition) is 4. The highest BCUT2D eigenvalue weighted by Gasteiger charge is 2.13. The second kappa shape index (κ2) is 7.83. The van der Waals surface area contributed by atoms with Crippen molar-refractivity contribution in [3.8, 4) is 0 Å². The van der Waals surface area contributed by atoms with Crippen molar-refractivity contribution in [2.75, 3.05) is 23.7 Å². The smallest absolute Gasteiger partial charge is 0.253 e. The number of benzene rings is 1. The van der Waals surface area contributed by atoms with Crippen molar-refractivity contribution >= 4 is 34.9 Å². The van der Waals surface area contributed by atoms with Crippen LogP contribution >= 0.6 is 11.6 Å². The zero-order valence-electron chi connectivity index (χ0n) is 13.8. The maximum atomic E-state index is 12.1. The number of anilines is 2. The highest BCUT2D eigenvalue weighted by Crippen LogP contribution is 2.21. The zero-order valence-corrected chi connectivity index (χ0v) is 14.6. The summed E-state index contributed by atoms with van der Waals surface area (Å²) in [6, 6.07) is 6.65. The predicted molar refractivity (Wildman–Crippen MR) is 94.5 cm³/mol. The Morgan fingerprint density at radius 3 is 2.67 bits per heavy atom. The largest absolute Gasteiger partial charge is 0.375 e. The van der Waals surface area contributed by atoms with E-state index in [-0.39, 0.29) is 18.4 Å². The Morgan fingerprint density at radius 2 is 2.04 bits per heavy atom. The summed E-state index contributed by atoms with van der Waals surface area (Å²) in [5, 5.41) is 13.1. The summed E-state index contributed by atoms with van der Waals surface area (Å²) < 4.78 is 1.59. The van der Waals surface area contributed by atoms with Crippen LogP contribution in [-0.4, -0.2) is 34.7 Å². The summed E-state index contributed by atoms with van der Waals surface area (Å²) in [4.78, 5) is 24.1. The van der Waals surface area contributed by atoms with Gasteiger partial charge in [0.1, 0.15) is 5.82 Å². The lowest BCUT2D eigenvalue weighted by Crippen LogP contribution is -2.26. The van der Waals surface area contributed by atoms with Crippen LogP contribution in [0.5, 0.6) is 0 Å². The number of nitrogens with one attached hydrogen (secondary N) is 3. The van der Waals surface area contributed by atoms with Crippen LogP contribution < -0.4 is 16.0 Å². The number of nitrogens with zero attached hydrogens (tertiary/aromatic N) is 2. The van der Waals surface area contributed by atoms with Gasteiger partial charge in [-0.15, -0.1) is 0 Å². The van der Waals surface area contributed by atoms with Gasteiger partial charge in [-0.05, 0) is 32.0 Å². The van der Waals surface area contributed by atoms with Gasteiger partial charge >= 0.3 is 0 Å². The molecular formula is C16H20ClN5O2. The van der Waals surface area contributed by atoms with Gasteiger partial charge < -0.3 is 16.0 Å². The molecule has 0 radical (unpaired) electrons. The monoisotopic (exact) mass is 349 g/mol. The van der Waals surface area contributed by atoms with Gasteiger partial charge in [-0.1, -0.05) is 11.6 Å². The number of rotatable bonds is 6. The molecule has 0 unspecified atom stereocenters. The molecular weight excluding hydrogens is 330 g/mol. The summed E-state index contributed by atoms with van der Waals surface area (Å²) in [6.07, 6.45) is 0. The molecule has 0 aliphatic rings. The molecule has 7 nitrogen and oxygen atoms in total. The summed E-state index contributed by atoms with van der Waals surface area (Å²) in [5.74, 6) is 0.133. The van der Waals surface area contributed by atoms with E-state index < -0.39 is 0 Å². The Kier molecular flexibility index (Phi) is 5.81. The van der Waals surface area contributed by atoms with E-state index in [9.17, 15) is 9.59 Å². The van der Waals surface area contributed by atoms with Crippen LogP contribution in [0.15, 0.2) is 24.3 Å². The number of carbonyl (C=O) groups excluding carboxylic acids is 2. The Hall–Kier alpha value is -2.54. The van der Waals surface area contributed by atoms with Gasteiger partial charge in [0.2, 0.25) is 5.91 Å². The quantitative estimate of drug-likeness (QED) is 0.746. The number of aromatic nitrogens is 2. The van der Waals surface area contributed by atoms with Crippen LogP contribution in [0.4, 0.5) is 11.5 Å². The van der Waals surface area contributed by atoms with Crippen LogP contribution in [0.3, 0.4) is 0 Å². The van der Waals surface area contributed by atoms with E-state index in [1.807, 2.05) is 13.8 Å². The molecule has 0 spiro atoms. The summed E-state index contributed by atoms with van der Waals surface area (Å²) in [6.45, 7) is 4.20. The third kappa shape index (κ3) is 4.48. The lowest BCUT2D eigenvalue weighted by Gasteiger charge is -2.12. The third-order valence-corrected chi connectivity index (χ3v) is 3.51. The standard InChI is InChI=1S/C16H20ClN5O2/c1-4-18-16(24)12-6-5-11(17)8-13(12)19-9-15(23)20-14-7-10(2)21-22(14)3/h5-8,19H,4,9H2,1-3H3,(H,18,24)(H,20,23). The average Bonchev–Trinajstić information content (AvgIpc) is 2.83. The lowest BCUT2D eigenvalue weighted by atomic mass is 10.1. The van der Waals surface area contributed by atoms with Gasteiger partial charge in [0, 0.05) is 30.4 Å². The first-order valence-electron chi connectivity index (χ1n) is 7.52. The molecule has 8 heteroatoms. The van der Waals surface area contributed by atoms with Crippen LogP contribution in [-0.2, 0) is 11.8 Å². The van der Waals surface area contributed by atoms with E-state index in [1.54, 1.807) is 36.0 Å². The second-order valence-corrected chi connectivity index (χ2v) is 5.68. The second-order valence-electron chi connectivity index (χ2n) is 5.25. The van der Waals surface area contributed by atoms with Gasteiger partial charge in [0.05, 0.1) is 17.8 Å². The molecule has 1 aromatic heterocycles. The highest BCUT2D eigenvalue weighted by atomic mass is 35.5. The van der Waals surface area contributed by atoms with Crippen molar-refractivity contribution in [3.05, 3.63) is 40.5 Å². The number of hydrogen-bond donors (Lipinski definition) is 3. The molecule has 3 N–H and O–H groups in total. The fraction of sp³-hybridized carbons (Fsp3) is 0.312. The van der Waals surface area contributed by atoms with E-state index in [2.05, 4.69) is 21.0 Å². The molecule has 0 fully saturated rings. The molecule has 1 aromatic carbocycles. The average molecular weight is 350 g/mol. The minimum absolute atomic E-state index is 0.00300. The van der Waals surface area contributed by atoms with Crippen molar-refractivity contribution in [3.63, 3.8) is 0 Å². The van der Waals surface area contributed by atoms with E-state index in [0.717, 1.165) is 5.69 Å². The van der Waals surface area contributed by atoms with Gasteiger partial charge in [0.15, 0.2) is 0 Å². The molecule has 2 aromatic rings. The van der Waals surface area contributed by atoms with Crippen molar-refractivity contribution in [1.29, 1.82) is 0 Å². The maximum Gasteiger partial charge on any atom is 0.253 e. The van der Waals surface area contributed by atoms with Crippen LogP contribution in [0, 0.1) is 6.92 Å². The van der Waals surface area contributed by atoms with E-state index in [1.165, 1.54) is 0 Å². The molecule has 2 amide bonds. The first-order valence-corrected chi connectivity index (χ1v) is 7.90. The van der Waals surface area contributed by atoms with Crippen molar-refractivity contribution < 1.29 is 9.59 Å². The third-order valence-electron chi connectivity index (χ3n) is 3.27. The van der Waals surface area contributed by atoms with Crippen LogP contribution in [0.1, 0.15) is 23.0 Å². The Morgan fingerprint density at radius 1 is 1.29 bits per heavy atom. The van der Waals surface area contributed by atoms with Gasteiger partial charge in [-0.3, -0.25) is 14.3 Å². The summed E-state index contributed by atoms with van der Waals surface area (Å²) >= 11 is 5.98. The molecule has 0 atom stereocenters. The lowest BCUT2D eigenvalue weighted by molar-refractivity contribution is -0.114. The van der Waals surface area contributed by atoms with Crippen molar-refractivity contribution in [2.45, 2.75) is 13.8 Å². The normalized spacial score (nSPS) is 10.3. The molecule has 2 rings (SSSR count). The van der Waals surface area contributed by atoms with E-state index in [0.29, 0.717) is 28.6 Å². The number of amides is 2. The summed E-state index contributed by atoms with van der Waals surface area (Å²) in [5.41, 5.74) is 1.75. The Labute approximate surface area is 145 Å². The van der Waals surface area contributed by atoms with Gasteiger partial charge in [-0.25, -0.2) is 0 Å². The van der Waals surface area contributed by atoms with Crippen molar-refractivity contribution in [1.82, 2.24) is 15.1 Å². The minimum atomic E-state index is -0.250. The first kappa shape index (κ1) is 17.8. The molecule has 0 saturated heterocycles. The van der Waals surface area contributed by atoms with Crippen LogP contribution in [0.2, 0.25) is 5.02 Å². The topological polar surface area (TPSA) is 88.1 Å². The highest BCUT2D eigenvalue weighted by molar-refractivity contribution is 6.31. The van der Waals surface area contributed by atoms with Crippen LogP contribution in [0.25, 0.3) is 0 Å². The zero-order chi connectivity index (χ0) is 17.7. The molecule has 24 heavy (non-hydrogen) atoms. The fourth-order valence-electron chi connectivity index (χ4n) is 2.21. The molecule has 128 valence electrons. The number of carbonyl (C=O) groups is 2. The van der Waals surface area contributed by atoms with Crippen molar-refractivity contribution in [2.24, 2.45) is 7.05 Å². The van der Waals surface area contributed by atoms with E-state index in [4.69, 9.17) is 11.6 Å². The molecule has 0 aliphatic heterocycles. The Bertz CT molecular complexity index is 757. The van der Waals surface area contributed by atoms with Gasteiger partial charge in [0.25, 0.3) is 5.91 Å². The molecule has 0 saturated carbocycles. The molecule has 1 heterocycles. The van der Waals surface area contributed by atoms with E-state index >= 15 is 0 Å². The van der Waals surface area contributed by atoms with Gasteiger partial charge in [-0.2, -0.15) is 5.10 Å². The molecule has 0 aliphatic carbocycles. The molecule has 0 bridgehead atoms. The maximum absolute atomic E-state index is 12.1. The number of aryl methyl sites for hydroxylation is 2. The predicted octanol–water partition coefficient (Wildman–Crippen LogP) is 2.18. The summed E-state index contributed by atoms with van der Waals surface area (Å²) in [7, 11) is 1.75. The number of halogens is 1.